The average molecular weight is 230 g/mol. The number of aromatic nitrogens is 2. The van der Waals surface area contributed by atoms with Crippen LogP contribution in [0.5, 0.6) is 0 Å². The van der Waals surface area contributed by atoms with E-state index in [-0.39, 0.29) is 5.56 Å². The maximum absolute atomic E-state index is 11.9. The Morgan fingerprint density at radius 3 is 3.00 bits per heavy atom. The summed E-state index contributed by atoms with van der Waals surface area (Å²) in [5, 5.41) is 4.09. The predicted octanol–water partition coefficient (Wildman–Crippen LogP) is 2.47. The Labute approximate surface area is 98.7 Å². The van der Waals surface area contributed by atoms with Gasteiger partial charge in [-0.3, -0.25) is 4.79 Å². The number of pyridine rings is 1. The summed E-state index contributed by atoms with van der Waals surface area (Å²) in [5.41, 5.74) is 2.39. The molecule has 0 amide bonds. The summed E-state index contributed by atoms with van der Waals surface area (Å²) in [6.07, 6.45) is 4.69. The fourth-order valence-electron chi connectivity index (χ4n) is 2.11. The topological polar surface area (TPSA) is 58.9 Å². The lowest BCUT2D eigenvalue weighted by Crippen LogP contribution is -2.08. The Morgan fingerprint density at radius 2 is 2.35 bits per heavy atom. The van der Waals surface area contributed by atoms with Crippen molar-refractivity contribution in [2.45, 2.75) is 32.1 Å². The second kappa shape index (κ2) is 3.87. The van der Waals surface area contributed by atoms with Crippen LogP contribution >= 0.6 is 0 Å². The molecule has 0 spiro atoms. The van der Waals surface area contributed by atoms with Crippen LogP contribution in [0.1, 0.15) is 37.1 Å². The first-order valence-corrected chi connectivity index (χ1v) is 5.97. The number of aryl methyl sites for hydroxylation is 1. The minimum Gasteiger partial charge on any atom is -0.360 e. The third kappa shape index (κ3) is 1.69. The fourth-order valence-corrected chi connectivity index (χ4v) is 2.11. The van der Waals surface area contributed by atoms with Gasteiger partial charge in [0.1, 0.15) is 5.76 Å². The summed E-state index contributed by atoms with van der Waals surface area (Å²) in [6, 6.07) is 3.66. The van der Waals surface area contributed by atoms with E-state index < -0.39 is 0 Å². The second-order valence-electron chi connectivity index (χ2n) is 4.41. The monoisotopic (exact) mass is 230 g/mol. The van der Waals surface area contributed by atoms with Gasteiger partial charge in [-0.1, -0.05) is 12.1 Å². The third-order valence-corrected chi connectivity index (χ3v) is 3.16. The first-order chi connectivity index (χ1) is 8.31. The van der Waals surface area contributed by atoms with E-state index in [0.29, 0.717) is 11.5 Å². The molecular formula is C13H14N2O2. The lowest BCUT2D eigenvalue weighted by molar-refractivity contribution is 0.379. The number of hydrogen-bond acceptors (Lipinski definition) is 3. The van der Waals surface area contributed by atoms with Crippen LogP contribution in [0.4, 0.5) is 0 Å². The summed E-state index contributed by atoms with van der Waals surface area (Å²) >= 11 is 0. The van der Waals surface area contributed by atoms with Gasteiger partial charge in [-0.2, -0.15) is 0 Å². The van der Waals surface area contributed by atoms with Gasteiger partial charge >= 0.3 is 0 Å². The zero-order valence-electron chi connectivity index (χ0n) is 9.69. The molecule has 0 radical (unpaired) electrons. The Hall–Kier alpha value is -1.84. The van der Waals surface area contributed by atoms with Crippen LogP contribution in [0.2, 0.25) is 0 Å². The van der Waals surface area contributed by atoms with Crippen LogP contribution in [0.3, 0.4) is 0 Å². The molecule has 1 fully saturated rings. The van der Waals surface area contributed by atoms with E-state index in [2.05, 4.69) is 10.1 Å². The van der Waals surface area contributed by atoms with Crippen molar-refractivity contribution in [3.8, 4) is 11.1 Å². The molecule has 4 nitrogen and oxygen atoms in total. The van der Waals surface area contributed by atoms with E-state index in [0.717, 1.165) is 36.3 Å². The molecular weight excluding hydrogens is 216 g/mol. The molecule has 2 aromatic rings. The van der Waals surface area contributed by atoms with Gasteiger partial charge in [-0.05, 0) is 31.4 Å². The van der Waals surface area contributed by atoms with Crippen molar-refractivity contribution in [2.24, 2.45) is 0 Å². The maximum atomic E-state index is 11.9. The fraction of sp³-hybridized carbons (Fsp3) is 0.385. The molecule has 0 saturated heterocycles. The van der Waals surface area contributed by atoms with Gasteiger partial charge in [-0.15, -0.1) is 0 Å². The SMILES string of the molecule is CCc1noc(C2CC2)c1-c1ccc[nH]c1=O. The highest BCUT2D eigenvalue weighted by Gasteiger charge is 2.33. The Balaban J connectivity index is 2.21. The average Bonchev–Trinajstić information content (AvgIpc) is 3.10. The number of nitrogens with zero attached hydrogens (tertiary/aromatic N) is 1. The van der Waals surface area contributed by atoms with Gasteiger partial charge in [0.15, 0.2) is 0 Å². The molecule has 1 aliphatic rings. The van der Waals surface area contributed by atoms with Gasteiger partial charge in [-0.25, -0.2) is 0 Å². The first-order valence-electron chi connectivity index (χ1n) is 5.97. The Kier molecular flexibility index (Phi) is 2.35. The number of rotatable bonds is 3. The summed E-state index contributed by atoms with van der Waals surface area (Å²) < 4.78 is 5.42. The van der Waals surface area contributed by atoms with Gasteiger partial charge in [0.2, 0.25) is 0 Å². The van der Waals surface area contributed by atoms with Crippen molar-refractivity contribution in [2.75, 3.05) is 0 Å². The van der Waals surface area contributed by atoms with Crippen LogP contribution in [-0.4, -0.2) is 10.1 Å². The third-order valence-electron chi connectivity index (χ3n) is 3.16. The predicted molar refractivity (Wildman–Crippen MR) is 63.9 cm³/mol. The van der Waals surface area contributed by atoms with Crippen LogP contribution in [0, 0.1) is 0 Å². The van der Waals surface area contributed by atoms with E-state index in [1.807, 2.05) is 19.1 Å². The van der Waals surface area contributed by atoms with E-state index >= 15 is 0 Å². The van der Waals surface area contributed by atoms with Crippen LogP contribution in [0.25, 0.3) is 11.1 Å². The van der Waals surface area contributed by atoms with Crippen molar-refractivity contribution >= 4 is 0 Å². The highest BCUT2D eigenvalue weighted by molar-refractivity contribution is 5.68. The molecule has 1 saturated carbocycles. The normalized spacial score (nSPS) is 15.1. The van der Waals surface area contributed by atoms with E-state index in [9.17, 15) is 4.79 Å². The zero-order valence-corrected chi connectivity index (χ0v) is 9.69. The largest absolute Gasteiger partial charge is 0.360 e. The standard InChI is InChI=1S/C13H14N2O2/c1-2-10-11(9-4-3-7-14-13(9)16)12(17-15-10)8-5-6-8/h3-4,7-8H,2,5-6H2,1H3,(H,14,16). The number of hydrogen-bond donors (Lipinski definition) is 1. The Bertz CT molecular complexity index is 593. The van der Waals surface area contributed by atoms with Crippen molar-refractivity contribution in [3.63, 3.8) is 0 Å². The van der Waals surface area contributed by atoms with Crippen LogP contribution in [0.15, 0.2) is 27.6 Å². The van der Waals surface area contributed by atoms with Crippen LogP contribution < -0.4 is 5.56 Å². The summed E-state index contributed by atoms with van der Waals surface area (Å²) in [5.74, 6) is 1.34. The van der Waals surface area contributed by atoms with Crippen molar-refractivity contribution in [3.05, 3.63) is 40.1 Å². The molecule has 88 valence electrons. The van der Waals surface area contributed by atoms with Crippen molar-refractivity contribution in [1.29, 1.82) is 0 Å². The maximum Gasteiger partial charge on any atom is 0.256 e. The molecule has 1 aliphatic carbocycles. The molecule has 3 rings (SSSR count). The second-order valence-corrected chi connectivity index (χ2v) is 4.41. The van der Waals surface area contributed by atoms with Gasteiger partial charge in [0.05, 0.1) is 16.8 Å². The number of H-pyrrole nitrogens is 1. The van der Waals surface area contributed by atoms with Crippen molar-refractivity contribution in [1.82, 2.24) is 10.1 Å². The highest BCUT2D eigenvalue weighted by atomic mass is 16.5. The van der Waals surface area contributed by atoms with Gasteiger partial charge < -0.3 is 9.51 Å². The highest BCUT2D eigenvalue weighted by Crippen LogP contribution is 2.45. The smallest absolute Gasteiger partial charge is 0.256 e. The first kappa shape index (κ1) is 10.3. The van der Waals surface area contributed by atoms with Crippen molar-refractivity contribution < 1.29 is 4.52 Å². The lowest BCUT2D eigenvalue weighted by Gasteiger charge is -2.01. The summed E-state index contributed by atoms with van der Waals surface area (Å²) in [4.78, 5) is 14.6. The number of aromatic amines is 1. The molecule has 2 heterocycles. The minimum absolute atomic E-state index is 0.0766. The van der Waals surface area contributed by atoms with Crippen LogP contribution in [-0.2, 0) is 6.42 Å². The van der Waals surface area contributed by atoms with E-state index in [1.54, 1.807) is 6.20 Å². The molecule has 0 unspecified atom stereocenters. The van der Waals surface area contributed by atoms with E-state index in [1.165, 1.54) is 0 Å². The molecule has 1 N–H and O–H groups in total. The summed E-state index contributed by atoms with van der Waals surface area (Å²) in [7, 11) is 0. The summed E-state index contributed by atoms with van der Waals surface area (Å²) in [6.45, 7) is 2.02. The van der Waals surface area contributed by atoms with Gasteiger partial charge in [0.25, 0.3) is 5.56 Å². The number of nitrogens with one attached hydrogen (secondary N) is 1. The minimum atomic E-state index is -0.0766. The lowest BCUT2D eigenvalue weighted by atomic mass is 10.0. The molecule has 0 bridgehead atoms. The molecule has 4 heteroatoms. The zero-order chi connectivity index (χ0) is 11.8. The molecule has 2 aromatic heterocycles. The molecule has 0 atom stereocenters. The molecule has 0 aliphatic heterocycles. The van der Waals surface area contributed by atoms with E-state index in [4.69, 9.17) is 4.52 Å². The molecule has 17 heavy (non-hydrogen) atoms. The van der Waals surface area contributed by atoms with Gasteiger partial charge in [0, 0.05) is 12.1 Å². The quantitative estimate of drug-likeness (QED) is 0.881. The molecule has 0 aromatic carbocycles. The Morgan fingerprint density at radius 1 is 1.53 bits per heavy atom.